The molecule has 0 bridgehead atoms. The Labute approximate surface area is 106 Å². The quantitative estimate of drug-likeness (QED) is 0.904. The zero-order chi connectivity index (χ0) is 12.3. The molecule has 90 valence electrons. The fraction of sp³-hybridized carbons (Fsp3) is 0.385. The van der Waals surface area contributed by atoms with Crippen LogP contribution in [0, 0.1) is 0 Å². The van der Waals surface area contributed by atoms with Crippen LogP contribution in [0.25, 0.3) is 10.7 Å². The summed E-state index contributed by atoms with van der Waals surface area (Å²) in [5.74, 6) is 0. The molecule has 0 aliphatic rings. The number of aryl methyl sites for hydroxylation is 2. The van der Waals surface area contributed by atoms with Gasteiger partial charge in [-0.25, -0.2) is 4.98 Å². The van der Waals surface area contributed by atoms with Gasteiger partial charge in [-0.15, -0.1) is 11.3 Å². The van der Waals surface area contributed by atoms with Crippen molar-refractivity contribution >= 4 is 11.3 Å². The van der Waals surface area contributed by atoms with Gasteiger partial charge in [0.1, 0.15) is 10.7 Å². The maximum absolute atomic E-state index is 5.74. The van der Waals surface area contributed by atoms with Crippen LogP contribution in [-0.4, -0.2) is 9.97 Å². The number of thiazole rings is 1. The highest BCUT2D eigenvalue weighted by Crippen LogP contribution is 2.29. The summed E-state index contributed by atoms with van der Waals surface area (Å²) in [6, 6.07) is 4.08. The van der Waals surface area contributed by atoms with Crippen LogP contribution < -0.4 is 5.73 Å². The second kappa shape index (κ2) is 5.38. The van der Waals surface area contributed by atoms with Gasteiger partial charge in [0.05, 0.1) is 5.69 Å². The number of nitrogens with zero attached hydrogens (tertiary/aromatic N) is 2. The molecule has 0 radical (unpaired) electrons. The van der Waals surface area contributed by atoms with E-state index in [9.17, 15) is 0 Å². The van der Waals surface area contributed by atoms with Crippen molar-refractivity contribution in [2.45, 2.75) is 33.2 Å². The summed E-state index contributed by atoms with van der Waals surface area (Å²) in [4.78, 5) is 10.3. The van der Waals surface area contributed by atoms with Crippen LogP contribution in [0.1, 0.15) is 30.0 Å². The minimum absolute atomic E-state index is 0.565. The lowest BCUT2D eigenvalue weighted by atomic mass is 10.1. The minimum atomic E-state index is 0.565. The van der Waals surface area contributed by atoms with E-state index in [1.807, 2.05) is 12.3 Å². The molecule has 0 aromatic carbocycles. The lowest BCUT2D eigenvalue weighted by Crippen LogP contribution is -1.96. The van der Waals surface area contributed by atoms with Gasteiger partial charge in [-0.1, -0.05) is 19.9 Å². The van der Waals surface area contributed by atoms with Crippen LogP contribution in [0.4, 0.5) is 0 Å². The van der Waals surface area contributed by atoms with Crippen molar-refractivity contribution in [3.05, 3.63) is 34.5 Å². The van der Waals surface area contributed by atoms with Gasteiger partial charge in [0.25, 0.3) is 0 Å². The second-order valence-corrected chi connectivity index (χ2v) is 4.89. The van der Waals surface area contributed by atoms with E-state index in [0.29, 0.717) is 6.54 Å². The van der Waals surface area contributed by atoms with E-state index < -0.39 is 0 Å². The summed E-state index contributed by atoms with van der Waals surface area (Å²) in [6.45, 7) is 4.81. The molecule has 0 aliphatic carbocycles. The van der Waals surface area contributed by atoms with Gasteiger partial charge in [0.2, 0.25) is 0 Å². The highest BCUT2D eigenvalue weighted by Gasteiger charge is 2.13. The molecule has 0 saturated carbocycles. The highest BCUT2D eigenvalue weighted by molar-refractivity contribution is 7.15. The molecular weight excluding hydrogens is 230 g/mol. The average Bonchev–Trinajstić information content (AvgIpc) is 2.81. The van der Waals surface area contributed by atoms with Gasteiger partial charge >= 0.3 is 0 Å². The minimum Gasteiger partial charge on any atom is -0.326 e. The van der Waals surface area contributed by atoms with E-state index in [-0.39, 0.29) is 0 Å². The van der Waals surface area contributed by atoms with Crippen molar-refractivity contribution in [3.8, 4) is 10.7 Å². The highest BCUT2D eigenvalue weighted by atomic mass is 32.1. The number of nitrogens with two attached hydrogens (primary N) is 1. The Morgan fingerprint density at radius 3 is 2.71 bits per heavy atom. The van der Waals surface area contributed by atoms with Crippen LogP contribution in [0.2, 0.25) is 0 Å². The Kier molecular flexibility index (Phi) is 3.86. The predicted octanol–water partition coefficient (Wildman–Crippen LogP) is 2.79. The summed E-state index contributed by atoms with van der Waals surface area (Å²) >= 11 is 1.67. The topological polar surface area (TPSA) is 51.8 Å². The Hall–Kier alpha value is -1.26. The molecule has 4 heteroatoms. The number of aromatic nitrogens is 2. The smallest absolute Gasteiger partial charge is 0.142 e. The van der Waals surface area contributed by atoms with E-state index in [1.54, 1.807) is 11.3 Å². The van der Waals surface area contributed by atoms with Crippen molar-refractivity contribution < 1.29 is 0 Å². The largest absolute Gasteiger partial charge is 0.326 e. The van der Waals surface area contributed by atoms with Crippen LogP contribution in [0.3, 0.4) is 0 Å². The molecule has 0 aliphatic heterocycles. The number of hydrogen-bond donors (Lipinski definition) is 1. The third-order valence-corrected chi connectivity index (χ3v) is 3.90. The lowest BCUT2D eigenvalue weighted by Gasteiger charge is -2.01. The first kappa shape index (κ1) is 12.2. The summed E-state index contributed by atoms with van der Waals surface area (Å²) in [7, 11) is 0. The molecule has 2 aromatic heterocycles. The molecule has 0 atom stereocenters. The van der Waals surface area contributed by atoms with E-state index >= 15 is 0 Å². The van der Waals surface area contributed by atoms with E-state index in [1.165, 1.54) is 10.4 Å². The molecule has 2 aromatic rings. The molecule has 0 fully saturated rings. The number of pyridine rings is 1. The third-order valence-electron chi connectivity index (χ3n) is 2.77. The lowest BCUT2D eigenvalue weighted by molar-refractivity contribution is 0.986. The van der Waals surface area contributed by atoms with Crippen molar-refractivity contribution in [2.24, 2.45) is 5.73 Å². The maximum Gasteiger partial charge on any atom is 0.142 e. The molecule has 0 unspecified atom stereocenters. The maximum atomic E-state index is 5.74. The fourth-order valence-electron chi connectivity index (χ4n) is 1.84. The molecule has 0 saturated heterocycles. The molecule has 17 heavy (non-hydrogen) atoms. The summed E-state index contributed by atoms with van der Waals surface area (Å²) < 4.78 is 0. The van der Waals surface area contributed by atoms with E-state index in [0.717, 1.165) is 29.2 Å². The van der Waals surface area contributed by atoms with Crippen molar-refractivity contribution in [1.82, 2.24) is 9.97 Å². The summed E-state index contributed by atoms with van der Waals surface area (Å²) in [5.41, 5.74) is 9.10. The first-order valence-corrected chi connectivity index (χ1v) is 6.74. The average molecular weight is 247 g/mol. The van der Waals surface area contributed by atoms with Gasteiger partial charge in [0.15, 0.2) is 0 Å². The normalized spacial score (nSPS) is 10.8. The first-order valence-electron chi connectivity index (χ1n) is 5.93. The number of rotatable bonds is 4. The molecule has 2 heterocycles. The molecule has 0 amide bonds. The Morgan fingerprint density at radius 2 is 2.12 bits per heavy atom. The van der Waals surface area contributed by atoms with Gasteiger partial charge in [-0.3, -0.25) is 4.98 Å². The van der Waals surface area contributed by atoms with Crippen LogP contribution >= 0.6 is 11.3 Å². The van der Waals surface area contributed by atoms with Crippen LogP contribution in [0.15, 0.2) is 18.3 Å². The Balaban J connectivity index is 2.49. The molecule has 2 N–H and O–H groups in total. The van der Waals surface area contributed by atoms with Crippen LogP contribution in [0.5, 0.6) is 0 Å². The van der Waals surface area contributed by atoms with Gasteiger partial charge in [-0.2, -0.15) is 0 Å². The Bertz CT molecular complexity index is 484. The van der Waals surface area contributed by atoms with Crippen molar-refractivity contribution in [2.75, 3.05) is 0 Å². The van der Waals surface area contributed by atoms with Gasteiger partial charge in [0, 0.05) is 17.6 Å². The fourth-order valence-corrected chi connectivity index (χ4v) is 2.90. The Morgan fingerprint density at radius 1 is 1.29 bits per heavy atom. The summed E-state index contributed by atoms with van der Waals surface area (Å²) in [5, 5.41) is 1.000. The van der Waals surface area contributed by atoms with Crippen molar-refractivity contribution in [3.63, 3.8) is 0 Å². The second-order valence-electron chi connectivity index (χ2n) is 3.81. The number of hydrogen-bond acceptors (Lipinski definition) is 4. The standard InChI is InChI=1S/C13H17N3S/c1-3-9-6-5-7-15-12(9)13-16-10(4-2)11(8-14)17-13/h5-7H,3-4,8,14H2,1-2H3. The zero-order valence-corrected chi connectivity index (χ0v) is 11.0. The third kappa shape index (κ3) is 2.37. The predicted molar refractivity (Wildman–Crippen MR) is 72.0 cm³/mol. The molecule has 0 spiro atoms. The molecular formula is C13H17N3S. The summed E-state index contributed by atoms with van der Waals surface area (Å²) in [6.07, 6.45) is 3.73. The zero-order valence-electron chi connectivity index (χ0n) is 10.2. The molecule has 3 nitrogen and oxygen atoms in total. The monoisotopic (exact) mass is 247 g/mol. The van der Waals surface area contributed by atoms with Gasteiger partial charge in [-0.05, 0) is 24.5 Å². The SMILES string of the molecule is CCc1cccnc1-c1nc(CC)c(CN)s1. The van der Waals surface area contributed by atoms with E-state index in [4.69, 9.17) is 5.73 Å². The van der Waals surface area contributed by atoms with Gasteiger partial charge < -0.3 is 5.73 Å². The van der Waals surface area contributed by atoms with E-state index in [2.05, 4.69) is 29.9 Å². The van der Waals surface area contributed by atoms with Crippen LogP contribution in [-0.2, 0) is 19.4 Å². The van der Waals surface area contributed by atoms with Crippen molar-refractivity contribution in [1.29, 1.82) is 0 Å². The first-order chi connectivity index (χ1) is 8.30. The molecule has 2 rings (SSSR count).